The van der Waals surface area contributed by atoms with Crippen LogP contribution in [0.2, 0.25) is 0 Å². The highest BCUT2D eigenvalue weighted by Gasteiger charge is 2.17. The molecule has 1 fully saturated rings. The SMILES string of the molecule is COc1cccc(NC(N)=NCc2ccccc2CN2CCCC(C)C2)c1. The molecule has 27 heavy (non-hydrogen) atoms. The molecule has 0 aliphatic carbocycles. The predicted molar refractivity (Wildman–Crippen MR) is 112 cm³/mol. The van der Waals surface area contributed by atoms with Gasteiger partial charge in [0.25, 0.3) is 0 Å². The standard InChI is InChI=1S/C22H30N4O/c1-17-7-6-12-26(15-17)16-19-9-4-3-8-18(19)14-24-22(23)25-20-10-5-11-21(13-20)27-2/h3-5,8-11,13,17H,6-7,12,14-16H2,1-2H3,(H3,23,24,25). The first-order chi connectivity index (χ1) is 13.1. The molecule has 0 saturated carbocycles. The topological polar surface area (TPSA) is 62.9 Å². The van der Waals surface area contributed by atoms with E-state index in [1.807, 2.05) is 24.3 Å². The Morgan fingerprint density at radius 2 is 2.04 bits per heavy atom. The van der Waals surface area contributed by atoms with Crippen molar-refractivity contribution < 1.29 is 4.74 Å². The molecule has 3 rings (SSSR count). The van der Waals surface area contributed by atoms with E-state index in [0.717, 1.165) is 23.9 Å². The van der Waals surface area contributed by atoms with E-state index in [9.17, 15) is 0 Å². The second-order valence-electron chi connectivity index (χ2n) is 7.31. The largest absolute Gasteiger partial charge is 0.497 e. The van der Waals surface area contributed by atoms with Gasteiger partial charge in [0.2, 0.25) is 0 Å². The van der Waals surface area contributed by atoms with Gasteiger partial charge in [0, 0.05) is 24.8 Å². The van der Waals surface area contributed by atoms with Gasteiger partial charge in [0.1, 0.15) is 5.75 Å². The zero-order chi connectivity index (χ0) is 19.1. The van der Waals surface area contributed by atoms with E-state index in [0.29, 0.717) is 12.5 Å². The Morgan fingerprint density at radius 3 is 2.81 bits per heavy atom. The summed E-state index contributed by atoms with van der Waals surface area (Å²) >= 11 is 0. The molecule has 2 aromatic rings. The maximum Gasteiger partial charge on any atom is 0.193 e. The highest BCUT2D eigenvalue weighted by atomic mass is 16.5. The lowest BCUT2D eigenvalue weighted by atomic mass is 9.99. The number of methoxy groups -OCH3 is 1. The number of guanidine groups is 1. The third-order valence-electron chi connectivity index (χ3n) is 5.02. The number of nitrogens with two attached hydrogens (primary N) is 1. The molecule has 0 radical (unpaired) electrons. The van der Waals surface area contributed by atoms with Gasteiger partial charge in [-0.2, -0.15) is 0 Å². The molecule has 1 saturated heterocycles. The Balaban J connectivity index is 1.63. The third kappa shape index (κ3) is 5.73. The molecule has 1 heterocycles. The van der Waals surface area contributed by atoms with Crippen LogP contribution in [0.25, 0.3) is 0 Å². The van der Waals surface area contributed by atoms with Crippen LogP contribution in [0.15, 0.2) is 53.5 Å². The monoisotopic (exact) mass is 366 g/mol. The summed E-state index contributed by atoms with van der Waals surface area (Å²) in [5, 5.41) is 3.13. The first kappa shape index (κ1) is 19.2. The van der Waals surface area contributed by atoms with E-state index in [1.165, 1.54) is 37.1 Å². The summed E-state index contributed by atoms with van der Waals surface area (Å²) in [6.07, 6.45) is 2.63. The van der Waals surface area contributed by atoms with Gasteiger partial charge in [-0.3, -0.25) is 4.90 Å². The summed E-state index contributed by atoms with van der Waals surface area (Å²) in [4.78, 5) is 7.09. The van der Waals surface area contributed by atoms with Crippen molar-refractivity contribution in [2.45, 2.75) is 32.9 Å². The van der Waals surface area contributed by atoms with Gasteiger partial charge in [0.15, 0.2) is 5.96 Å². The lowest BCUT2D eigenvalue weighted by Gasteiger charge is -2.31. The lowest BCUT2D eigenvalue weighted by Crippen LogP contribution is -2.34. The Kier molecular flexibility index (Phi) is 6.71. The Morgan fingerprint density at radius 1 is 1.22 bits per heavy atom. The number of benzene rings is 2. The molecule has 1 aliphatic heterocycles. The maximum absolute atomic E-state index is 6.09. The maximum atomic E-state index is 6.09. The van der Waals surface area contributed by atoms with Gasteiger partial charge in [-0.25, -0.2) is 4.99 Å². The van der Waals surface area contributed by atoms with Crippen LogP contribution in [-0.2, 0) is 13.1 Å². The average Bonchev–Trinajstić information content (AvgIpc) is 2.67. The Bertz CT molecular complexity index is 774. The quantitative estimate of drug-likeness (QED) is 0.602. The van der Waals surface area contributed by atoms with Crippen LogP contribution in [0.4, 0.5) is 5.69 Å². The van der Waals surface area contributed by atoms with Crippen LogP contribution in [0.3, 0.4) is 0 Å². The van der Waals surface area contributed by atoms with E-state index in [4.69, 9.17) is 10.5 Å². The number of hydrogen-bond acceptors (Lipinski definition) is 3. The first-order valence-corrected chi connectivity index (χ1v) is 9.64. The molecule has 0 amide bonds. The molecule has 5 nitrogen and oxygen atoms in total. The van der Waals surface area contributed by atoms with Crippen LogP contribution >= 0.6 is 0 Å². The average molecular weight is 367 g/mol. The number of rotatable bonds is 6. The fourth-order valence-electron chi connectivity index (χ4n) is 3.60. The molecule has 1 atom stereocenters. The molecular weight excluding hydrogens is 336 g/mol. The molecule has 5 heteroatoms. The lowest BCUT2D eigenvalue weighted by molar-refractivity contribution is 0.176. The molecule has 3 N–H and O–H groups in total. The predicted octanol–water partition coefficient (Wildman–Crippen LogP) is 3.85. The van der Waals surface area contributed by atoms with E-state index in [1.54, 1.807) is 7.11 Å². The number of nitrogens with zero attached hydrogens (tertiary/aromatic N) is 2. The van der Waals surface area contributed by atoms with Crippen LogP contribution in [-0.4, -0.2) is 31.1 Å². The fraction of sp³-hybridized carbons (Fsp3) is 0.409. The van der Waals surface area contributed by atoms with Gasteiger partial charge in [-0.05, 0) is 48.6 Å². The summed E-state index contributed by atoms with van der Waals surface area (Å²) in [7, 11) is 1.65. The number of aliphatic imine (C=N–C) groups is 1. The molecule has 0 aromatic heterocycles. The van der Waals surface area contributed by atoms with Gasteiger partial charge in [-0.15, -0.1) is 0 Å². The van der Waals surface area contributed by atoms with Crippen LogP contribution < -0.4 is 15.8 Å². The fourth-order valence-corrected chi connectivity index (χ4v) is 3.60. The minimum absolute atomic E-state index is 0.407. The summed E-state index contributed by atoms with van der Waals surface area (Å²) in [5.74, 6) is 1.98. The normalized spacial score (nSPS) is 18.3. The summed E-state index contributed by atoms with van der Waals surface area (Å²) in [5.41, 5.74) is 9.52. The van der Waals surface area contributed by atoms with Crippen molar-refractivity contribution in [3.05, 3.63) is 59.7 Å². The van der Waals surface area contributed by atoms with Gasteiger partial charge < -0.3 is 15.8 Å². The van der Waals surface area contributed by atoms with Crippen molar-refractivity contribution in [2.75, 3.05) is 25.5 Å². The number of piperidine rings is 1. The molecular formula is C22H30N4O. The van der Waals surface area contributed by atoms with E-state index in [2.05, 4.69) is 46.4 Å². The van der Waals surface area contributed by atoms with Crippen molar-refractivity contribution in [3.63, 3.8) is 0 Å². The van der Waals surface area contributed by atoms with Crippen LogP contribution in [0.5, 0.6) is 5.75 Å². The minimum Gasteiger partial charge on any atom is -0.497 e. The van der Waals surface area contributed by atoms with Gasteiger partial charge >= 0.3 is 0 Å². The van der Waals surface area contributed by atoms with Crippen molar-refractivity contribution in [1.29, 1.82) is 0 Å². The van der Waals surface area contributed by atoms with Gasteiger partial charge in [0.05, 0.1) is 13.7 Å². The summed E-state index contributed by atoms with van der Waals surface area (Å²) in [6, 6.07) is 16.2. The van der Waals surface area contributed by atoms with E-state index >= 15 is 0 Å². The first-order valence-electron chi connectivity index (χ1n) is 9.64. The zero-order valence-electron chi connectivity index (χ0n) is 16.3. The minimum atomic E-state index is 0.407. The van der Waals surface area contributed by atoms with Gasteiger partial charge in [-0.1, -0.05) is 37.3 Å². The second-order valence-corrected chi connectivity index (χ2v) is 7.31. The van der Waals surface area contributed by atoms with Crippen LogP contribution in [0, 0.1) is 5.92 Å². The highest BCUT2D eigenvalue weighted by molar-refractivity contribution is 5.92. The van der Waals surface area contributed by atoms with Crippen molar-refractivity contribution >= 4 is 11.6 Å². The highest BCUT2D eigenvalue weighted by Crippen LogP contribution is 2.20. The van der Waals surface area contributed by atoms with Crippen LogP contribution in [0.1, 0.15) is 30.9 Å². The number of nitrogens with one attached hydrogen (secondary N) is 1. The molecule has 144 valence electrons. The molecule has 2 aromatic carbocycles. The molecule has 0 bridgehead atoms. The van der Waals surface area contributed by atoms with Crippen molar-refractivity contribution in [2.24, 2.45) is 16.6 Å². The zero-order valence-corrected chi connectivity index (χ0v) is 16.3. The number of likely N-dealkylation sites (tertiary alicyclic amines) is 1. The Labute approximate surface area is 162 Å². The third-order valence-corrected chi connectivity index (χ3v) is 5.02. The second kappa shape index (κ2) is 9.42. The van der Waals surface area contributed by atoms with Crippen molar-refractivity contribution in [1.82, 2.24) is 4.90 Å². The van der Waals surface area contributed by atoms with Crippen molar-refractivity contribution in [3.8, 4) is 5.75 Å². The number of anilines is 1. The number of ether oxygens (including phenoxy) is 1. The molecule has 1 unspecified atom stereocenters. The van der Waals surface area contributed by atoms with E-state index in [-0.39, 0.29) is 0 Å². The summed E-state index contributed by atoms with van der Waals surface area (Å²) < 4.78 is 5.24. The summed E-state index contributed by atoms with van der Waals surface area (Å²) in [6.45, 7) is 6.26. The number of hydrogen-bond donors (Lipinski definition) is 2. The Hall–Kier alpha value is -2.53. The smallest absolute Gasteiger partial charge is 0.193 e. The van der Waals surface area contributed by atoms with E-state index < -0.39 is 0 Å². The molecule has 0 spiro atoms. The molecule has 1 aliphatic rings.